The first-order valence-corrected chi connectivity index (χ1v) is 7.19. The Balaban J connectivity index is 2.08. The number of carbonyl (C=O) groups excluding carboxylic acids is 2. The van der Waals surface area contributed by atoms with Gasteiger partial charge in [0.15, 0.2) is 0 Å². The zero-order chi connectivity index (χ0) is 13.3. The molecule has 0 aromatic rings. The number of piperazine rings is 1. The zero-order valence-corrected chi connectivity index (χ0v) is 11.6. The van der Waals surface area contributed by atoms with Crippen molar-refractivity contribution in [2.45, 2.75) is 58.5 Å². The molecule has 0 aromatic heterocycles. The normalized spacial score (nSPS) is 28.8. The van der Waals surface area contributed by atoms with E-state index in [1.807, 2.05) is 6.92 Å². The van der Waals surface area contributed by atoms with Gasteiger partial charge in [-0.15, -0.1) is 0 Å². The second-order valence-corrected chi connectivity index (χ2v) is 5.67. The largest absolute Gasteiger partial charge is 0.342 e. The van der Waals surface area contributed by atoms with Crippen LogP contribution in [0.5, 0.6) is 0 Å². The molecule has 18 heavy (non-hydrogen) atoms. The predicted molar refractivity (Wildman–Crippen MR) is 69.9 cm³/mol. The van der Waals surface area contributed by atoms with E-state index in [4.69, 9.17) is 0 Å². The molecule has 2 atom stereocenters. The fraction of sp³-hybridized carbons (Fsp3) is 0.857. The number of nitrogens with zero attached hydrogens (tertiary/aromatic N) is 1. The van der Waals surface area contributed by atoms with Crippen LogP contribution in [-0.2, 0) is 9.59 Å². The lowest BCUT2D eigenvalue weighted by Crippen LogP contribution is -2.63. The van der Waals surface area contributed by atoms with Crippen LogP contribution in [0.3, 0.4) is 0 Å². The van der Waals surface area contributed by atoms with Crippen molar-refractivity contribution in [1.82, 2.24) is 10.2 Å². The maximum atomic E-state index is 12.4. The van der Waals surface area contributed by atoms with Crippen molar-refractivity contribution in [1.29, 1.82) is 0 Å². The molecular formula is C14H24N2O2. The highest BCUT2D eigenvalue weighted by molar-refractivity contribution is 5.97. The molecule has 2 aliphatic rings. The summed E-state index contributed by atoms with van der Waals surface area (Å²) in [5, 5.41) is 2.89. The van der Waals surface area contributed by atoms with Crippen molar-refractivity contribution >= 4 is 11.8 Å². The SMILES string of the molecule is CCC(CC)CN1C(=O)C(C2CC2)NC(=O)C1C. The first-order valence-electron chi connectivity index (χ1n) is 7.19. The summed E-state index contributed by atoms with van der Waals surface area (Å²) >= 11 is 0. The summed E-state index contributed by atoms with van der Waals surface area (Å²) in [6, 6.07) is -0.559. The number of amides is 2. The Bertz CT molecular complexity index is 335. The van der Waals surface area contributed by atoms with E-state index in [9.17, 15) is 9.59 Å². The molecule has 1 aliphatic heterocycles. The van der Waals surface area contributed by atoms with Crippen LogP contribution in [0.25, 0.3) is 0 Å². The van der Waals surface area contributed by atoms with Crippen molar-refractivity contribution in [2.75, 3.05) is 6.54 Å². The molecular weight excluding hydrogens is 228 g/mol. The van der Waals surface area contributed by atoms with E-state index < -0.39 is 0 Å². The molecule has 0 bridgehead atoms. The minimum atomic E-state index is -0.312. The Kier molecular flexibility index (Phi) is 3.93. The van der Waals surface area contributed by atoms with E-state index in [-0.39, 0.29) is 23.9 Å². The topological polar surface area (TPSA) is 49.4 Å². The van der Waals surface area contributed by atoms with Crippen molar-refractivity contribution < 1.29 is 9.59 Å². The van der Waals surface area contributed by atoms with Gasteiger partial charge >= 0.3 is 0 Å². The van der Waals surface area contributed by atoms with Crippen molar-refractivity contribution in [3.63, 3.8) is 0 Å². The first-order chi connectivity index (χ1) is 8.58. The lowest BCUT2D eigenvalue weighted by atomic mass is 9.98. The van der Waals surface area contributed by atoms with Crippen LogP contribution in [0.1, 0.15) is 46.5 Å². The molecule has 4 heteroatoms. The predicted octanol–water partition coefficient (Wildman–Crippen LogP) is 1.55. The van der Waals surface area contributed by atoms with Crippen LogP contribution in [0, 0.1) is 11.8 Å². The maximum absolute atomic E-state index is 12.4. The fourth-order valence-corrected chi connectivity index (χ4v) is 2.67. The molecule has 1 N–H and O–H groups in total. The molecule has 2 amide bonds. The van der Waals surface area contributed by atoms with Gasteiger partial charge in [-0.1, -0.05) is 26.7 Å². The van der Waals surface area contributed by atoms with E-state index in [2.05, 4.69) is 19.2 Å². The second-order valence-electron chi connectivity index (χ2n) is 5.67. The quantitative estimate of drug-likeness (QED) is 0.807. The van der Waals surface area contributed by atoms with Crippen molar-refractivity contribution in [3.8, 4) is 0 Å². The molecule has 4 nitrogen and oxygen atoms in total. The highest BCUT2D eigenvalue weighted by atomic mass is 16.2. The van der Waals surface area contributed by atoms with E-state index in [0.717, 1.165) is 32.2 Å². The molecule has 0 spiro atoms. The minimum Gasteiger partial charge on any atom is -0.342 e. The van der Waals surface area contributed by atoms with Gasteiger partial charge in [0.25, 0.3) is 0 Å². The van der Waals surface area contributed by atoms with Gasteiger partial charge in [-0.2, -0.15) is 0 Å². The number of rotatable bonds is 5. The molecule has 0 aromatic carbocycles. The number of hydrogen-bond acceptors (Lipinski definition) is 2. The van der Waals surface area contributed by atoms with Crippen LogP contribution in [0.2, 0.25) is 0 Å². The number of hydrogen-bond donors (Lipinski definition) is 1. The Morgan fingerprint density at radius 1 is 1.28 bits per heavy atom. The first kappa shape index (κ1) is 13.4. The van der Waals surface area contributed by atoms with Crippen LogP contribution >= 0.6 is 0 Å². The van der Waals surface area contributed by atoms with Crippen LogP contribution in [0.15, 0.2) is 0 Å². The summed E-state index contributed by atoms with van der Waals surface area (Å²) < 4.78 is 0. The molecule has 0 radical (unpaired) electrons. The van der Waals surface area contributed by atoms with Crippen molar-refractivity contribution in [3.05, 3.63) is 0 Å². The third-order valence-electron chi connectivity index (χ3n) is 4.40. The van der Waals surface area contributed by atoms with Gasteiger partial charge < -0.3 is 10.2 Å². The van der Waals surface area contributed by atoms with Crippen molar-refractivity contribution in [2.24, 2.45) is 11.8 Å². The Labute approximate surface area is 109 Å². The molecule has 1 saturated carbocycles. The average Bonchev–Trinajstić information content (AvgIpc) is 3.18. The third kappa shape index (κ3) is 2.52. The van der Waals surface area contributed by atoms with Crippen LogP contribution in [0.4, 0.5) is 0 Å². The highest BCUT2D eigenvalue weighted by Gasteiger charge is 2.45. The standard InChI is InChI=1S/C14H24N2O2/c1-4-10(5-2)8-16-9(3)13(17)15-12(14(16)18)11-6-7-11/h9-12H,4-8H2,1-3H3,(H,15,17). The highest BCUT2D eigenvalue weighted by Crippen LogP contribution is 2.35. The van der Waals surface area contributed by atoms with Gasteiger partial charge in [0.05, 0.1) is 0 Å². The maximum Gasteiger partial charge on any atom is 0.246 e. The Hall–Kier alpha value is -1.06. The Morgan fingerprint density at radius 3 is 2.39 bits per heavy atom. The molecule has 1 aliphatic carbocycles. The van der Waals surface area contributed by atoms with Crippen LogP contribution in [-0.4, -0.2) is 35.3 Å². The third-order valence-corrected chi connectivity index (χ3v) is 4.40. The zero-order valence-electron chi connectivity index (χ0n) is 11.6. The Morgan fingerprint density at radius 2 is 1.89 bits per heavy atom. The second kappa shape index (κ2) is 5.29. The monoisotopic (exact) mass is 252 g/mol. The molecule has 1 heterocycles. The number of carbonyl (C=O) groups is 2. The summed E-state index contributed by atoms with van der Waals surface area (Å²) in [7, 11) is 0. The fourth-order valence-electron chi connectivity index (χ4n) is 2.67. The van der Waals surface area contributed by atoms with Gasteiger partial charge in [-0.3, -0.25) is 9.59 Å². The van der Waals surface area contributed by atoms with Gasteiger partial charge in [-0.05, 0) is 31.6 Å². The van der Waals surface area contributed by atoms with Gasteiger partial charge in [0.1, 0.15) is 12.1 Å². The van der Waals surface area contributed by atoms with E-state index in [1.165, 1.54) is 0 Å². The lowest BCUT2D eigenvalue weighted by Gasteiger charge is -2.39. The summed E-state index contributed by atoms with van der Waals surface area (Å²) in [5.41, 5.74) is 0. The van der Waals surface area contributed by atoms with E-state index >= 15 is 0 Å². The summed E-state index contributed by atoms with van der Waals surface area (Å²) in [5.74, 6) is 1.04. The molecule has 2 rings (SSSR count). The smallest absolute Gasteiger partial charge is 0.246 e. The van der Waals surface area contributed by atoms with E-state index in [0.29, 0.717) is 11.8 Å². The average molecular weight is 252 g/mol. The molecule has 2 fully saturated rings. The molecule has 2 unspecified atom stereocenters. The molecule has 1 saturated heterocycles. The summed E-state index contributed by atoms with van der Waals surface area (Å²) in [6.07, 6.45) is 4.26. The molecule has 102 valence electrons. The van der Waals surface area contributed by atoms with Gasteiger partial charge in [0.2, 0.25) is 11.8 Å². The van der Waals surface area contributed by atoms with Crippen LogP contribution < -0.4 is 5.32 Å². The van der Waals surface area contributed by atoms with Gasteiger partial charge in [0, 0.05) is 6.54 Å². The summed E-state index contributed by atoms with van der Waals surface area (Å²) in [6.45, 7) is 6.85. The summed E-state index contributed by atoms with van der Waals surface area (Å²) in [4.78, 5) is 26.2. The number of nitrogens with one attached hydrogen (secondary N) is 1. The minimum absolute atomic E-state index is 0.0115. The van der Waals surface area contributed by atoms with Gasteiger partial charge in [-0.25, -0.2) is 0 Å². The van der Waals surface area contributed by atoms with E-state index in [1.54, 1.807) is 4.90 Å². The lowest BCUT2D eigenvalue weighted by molar-refractivity contribution is -0.150.